The Hall–Kier alpha value is -2.01. The van der Waals surface area contributed by atoms with Crippen molar-refractivity contribution in [3.05, 3.63) is 0 Å². The van der Waals surface area contributed by atoms with Crippen LogP contribution in [0.5, 0.6) is 0 Å². The number of carboxylic acids is 1. The number of amides is 1. The van der Waals surface area contributed by atoms with Gasteiger partial charge in [0.1, 0.15) is 20.0 Å². The molecule has 0 heterocycles. The number of carbonyl (C=O) groups is 2. The Bertz CT molecular complexity index is 331. The second kappa shape index (κ2) is 45.0. The highest BCUT2D eigenvalue weighted by molar-refractivity contribution is 5.67. The van der Waals surface area contributed by atoms with Crippen molar-refractivity contribution in [1.29, 1.82) is 5.26 Å². The third-order valence-electron chi connectivity index (χ3n) is 1.70. The topological polar surface area (TPSA) is 197 Å². The molecule has 0 atom stereocenters. The number of nitriles is 1. The molecule has 176 valence electrons. The molecule has 0 spiro atoms. The quantitative estimate of drug-likeness (QED) is 0.281. The van der Waals surface area contributed by atoms with E-state index in [4.69, 9.17) is 21.2 Å². The number of carboxylic acid groups (broad SMARTS) is 1. The summed E-state index contributed by atoms with van der Waals surface area (Å²) >= 11 is 0. The van der Waals surface area contributed by atoms with Crippen molar-refractivity contribution in [2.24, 2.45) is 11.5 Å². The lowest BCUT2D eigenvalue weighted by atomic mass is 10.7. The van der Waals surface area contributed by atoms with Crippen LogP contribution in [-0.2, 0) is 28.5 Å². The number of rotatable bonds is 10. The van der Waals surface area contributed by atoms with Crippen LogP contribution in [0, 0.1) is 11.3 Å². The minimum Gasteiger partial charge on any atom is -0.480 e. The zero-order chi connectivity index (χ0) is 23.8. The Labute approximate surface area is 173 Å². The molecule has 0 aliphatic heterocycles. The van der Waals surface area contributed by atoms with Gasteiger partial charge in [-0.05, 0) is 34.6 Å². The molecule has 0 unspecified atom stereocenters. The van der Waals surface area contributed by atoms with E-state index in [1.807, 2.05) is 26.8 Å². The van der Waals surface area contributed by atoms with Crippen LogP contribution in [0.25, 0.3) is 0 Å². The van der Waals surface area contributed by atoms with Gasteiger partial charge in [-0.1, -0.05) is 0 Å². The minimum absolute atomic E-state index is 0.156. The Morgan fingerprint density at radius 2 is 1.38 bits per heavy atom. The number of nitrogens with zero attached hydrogens (tertiary/aromatic N) is 1. The van der Waals surface area contributed by atoms with Gasteiger partial charge in [0.2, 0.25) is 0 Å². The fourth-order valence-corrected chi connectivity index (χ4v) is 0.688. The molecule has 0 fully saturated rings. The first-order valence-corrected chi connectivity index (χ1v) is 8.91. The Balaban J connectivity index is -0.0000000833. The van der Waals surface area contributed by atoms with Gasteiger partial charge in [0.25, 0.3) is 0 Å². The van der Waals surface area contributed by atoms with E-state index in [0.717, 1.165) is 6.61 Å². The number of carbonyl (C=O) groups excluding carboxylic acids is 1. The number of aliphatic hydroxyl groups excluding tert-OH is 1. The molecule has 12 heteroatoms. The van der Waals surface area contributed by atoms with Gasteiger partial charge < -0.3 is 45.4 Å². The number of hydrogen-bond acceptors (Lipinski definition) is 10. The molecular formula is C17H39N3O9. The van der Waals surface area contributed by atoms with Crippen LogP contribution in [0.4, 0.5) is 4.79 Å². The van der Waals surface area contributed by atoms with E-state index < -0.39 is 12.1 Å². The van der Waals surface area contributed by atoms with Crippen LogP contribution in [-0.4, -0.2) is 82.0 Å². The molecule has 0 radical (unpaired) electrons. The summed E-state index contributed by atoms with van der Waals surface area (Å²) < 4.78 is 22.3. The summed E-state index contributed by atoms with van der Waals surface area (Å²) in [6, 6.07) is 1.85. The highest BCUT2D eigenvalue weighted by Crippen LogP contribution is 1.69. The normalized spacial score (nSPS) is 8.07. The predicted octanol–water partition coefficient (Wildman–Crippen LogP) is 0.667. The van der Waals surface area contributed by atoms with Crippen LogP contribution in [0.1, 0.15) is 34.6 Å². The molecule has 1 amide bonds. The Morgan fingerprint density at radius 3 is 1.45 bits per heavy atom. The monoisotopic (exact) mass is 429 g/mol. The molecule has 0 aromatic carbocycles. The van der Waals surface area contributed by atoms with E-state index in [0.29, 0.717) is 33.2 Å². The van der Waals surface area contributed by atoms with Crippen LogP contribution < -0.4 is 11.5 Å². The summed E-state index contributed by atoms with van der Waals surface area (Å²) in [5.74, 6) is -0.915. The number of hydrogen-bond donors (Lipinski definition) is 4. The van der Waals surface area contributed by atoms with Gasteiger partial charge in [0.15, 0.2) is 0 Å². The lowest BCUT2D eigenvalue weighted by molar-refractivity contribution is -0.142. The lowest BCUT2D eigenvalue weighted by Crippen LogP contribution is -2.11. The van der Waals surface area contributed by atoms with Crippen molar-refractivity contribution in [3.63, 3.8) is 0 Å². The first-order valence-electron chi connectivity index (χ1n) is 8.91. The standard InChI is InChI=1S/C4H7NO.C4H8O3.C3H7NO2.C3H9NO.C3H8O2/c1-2-6-4-3-5;1-2-7-3-4(5)6;1-2-6-3(4)5;2*1-2-5-3-4/h2,4H2,1H3;2-3H2,1H3,(H,5,6);2H2,1H3,(H2,4,5);2-4H2,1H3;4H,2-3H2,1H3. The van der Waals surface area contributed by atoms with Crippen LogP contribution in [0.2, 0.25) is 0 Å². The van der Waals surface area contributed by atoms with Crippen molar-refractivity contribution in [2.45, 2.75) is 34.6 Å². The van der Waals surface area contributed by atoms with E-state index in [2.05, 4.69) is 29.4 Å². The molecule has 0 aromatic rings. The summed E-state index contributed by atoms with van der Waals surface area (Å²) in [5, 5.41) is 23.6. The molecule has 0 rings (SSSR count). The average Bonchev–Trinajstić information content (AvgIpc) is 2.68. The third kappa shape index (κ3) is 104. The van der Waals surface area contributed by atoms with Crippen molar-refractivity contribution in [2.75, 3.05) is 59.8 Å². The van der Waals surface area contributed by atoms with E-state index in [-0.39, 0.29) is 20.0 Å². The molecule has 0 bridgehead atoms. The molecule has 29 heavy (non-hydrogen) atoms. The van der Waals surface area contributed by atoms with E-state index >= 15 is 0 Å². The van der Waals surface area contributed by atoms with Gasteiger partial charge in [0, 0.05) is 26.4 Å². The van der Waals surface area contributed by atoms with Gasteiger partial charge in [-0.25, -0.2) is 9.59 Å². The van der Waals surface area contributed by atoms with E-state index in [9.17, 15) is 9.59 Å². The second-order valence-corrected chi connectivity index (χ2v) is 3.86. The number of ether oxygens (including phenoxy) is 5. The van der Waals surface area contributed by atoms with Crippen molar-refractivity contribution in [1.82, 2.24) is 0 Å². The first kappa shape index (κ1) is 37.7. The fourth-order valence-electron chi connectivity index (χ4n) is 0.688. The zero-order valence-corrected chi connectivity index (χ0v) is 18.2. The van der Waals surface area contributed by atoms with E-state index in [1.165, 1.54) is 0 Å². The predicted molar refractivity (Wildman–Crippen MR) is 107 cm³/mol. The van der Waals surface area contributed by atoms with Crippen LogP contribution in [0.15, 0.2) is 0 Å². The number of aliphatic carboxylic acids is 1. The maximum atomic E-state index is 9.63. The molecular weight excluding hydrogens is 390 g/mol. The van der Waals surface area contributed by atoms with Gasteiger partial charge in [0.05, 0.1) is 19.4 Å². The van der Waals surface area contributed by atoms with Gasteiger partial charge >= 0.3 is 12.1 Å². The number of aliphatic hydroxyl groups is 1. The molecule has 0 aromatic heterocycles. The summed E-state index contributed by atoms with van der Waals surface area (Å²) in [4.78, 5) is 19.2. The smallest absolute Gasteiger partial charge is 0.404 e. The van der Waals surface area contributed by atoms with Crippen molar-refractivity contribution in [3.8, 4) is 6.07 Å². The highest BCUT2D eigenvalue weighted by Gasteiger charge is 1.90. The summed E-state index contributed by atoms with van der Waals surface area (Å²) in [6.07, 6.45) is -0.711. The Kier molecular flexibility index (Phi) is 58.5. The third-order valence-corrected chi connectivity index (χ3v) is 1.70. The largest absolute Gasteiger partial charge is 0.480 e. The summed E-state index contributed by atoms with van der Waals surface area (Å²) in [6.45, 7) is 12.0. The summed E-state index contributed by atoms with van der Waals surface area (Å²) in [7, 11) is 0. The van der Waals surface area contributed by atoms with Gasteiger partial charge in [-0.2, -0.15) is 5.26 Å². The highest BCUT2D eigenvalue weighted by atomic mass is 16.6. The van der Waals surface area contributed by atoms with Crippen molar-refractivity contribution < 1.29 is 43.5 Å². The fraction of sp³-hybridized carbons (Fsp3) is 0.824. The SMILES string of the molecule is CCOC(N)=O.CCOCC#N.CCOCC(=O)O.CCOCN.CCOCO. The van der Waals surface area contributed by atoms with Gasteiger partial charge in [-0.15, -0.1) is 0 Å². The Morgan fingerprint density at radius 1 is 0.897 bits per heavy atom. The number of nitrogens with two attached hydrogens (primary N) is 2. The van der Waals surface area contributed by atoms with Gasteiger partial charge in [-0.3, -0.25) is 0 Å². The minimum atomic E-state index is -0.915. The van der Waals surface area contributed by atoms with Crippen LogP contribution in [0.3, 0.4) is 0 Å². The molecule has 0 saturated carbocycles. The number of primary amides is 1. The first-order chi connectivity index (χ1) is 13.8. The molecule has 6 N–H and O–H groups in total. The molecule has 0 saturated heterocycles. The summed E-state index contributed by atoms with van der Waals surface area (Å²) in [5.41, 5.74) is 9.46. The zero-order valence-electron chi connectivity index (χ0n) is 18.2. The molecule has 12 nitrogen and oxygen atoms in total. The van der Waals surface area contributed by atoms with E-state index in [1.54, 1.807) is 13.8 Å². The maximum absolute atomic E-state index is 9.63. The average molecular weight is 430 g/mol. The lowest BCUT2D eigenvalue weighted by Gasteiger charge is -1.90. The molecule has 0 aliphatic rings. The molecule has 0 aliphatic carbocycles. The van der Waals surface area contributed by atoms with Crippen molar-refractivity contribution >= 4 is 12.1 Å². The van der Waals surface area contributed by atoms with Crippen LogP contribution >= 0.6 is 0 Å². The maximum Gasteiger partial charge on any atom is 0.404 e. The second-order valence-electron chi connectivity index (χ2n) is 3.86.